The predicted molar refractivity (Wildman–Crippen MR) is 96.0 cm³/mol. The summed E-state index contributed by atoms with van der Waals surface area (Å²) in [6, 6.07) is 11.9. The van der Waals surface area contributed by atoms with Gasteiger partial charge >= 0.3 is 0 Å². The number of carbonyl (C=O) groups is 1. The number of aromatic nitrogens is 1. The molecule has 3 rings (SSSR count). The standard InChI is InChI=1S/C19H20N2OS/c1-5-21-16-10-13(3)14(4)11-17(16)23-19(21)20-18(22)15-9-7-6-8-12(15)2/h6-11H,5H2,1-4H3. The molecule has 0 bridgehead atoms. The van der Waals surface area contributed by atoms with E-state index in [0.717, 1.165) is 22.4 Å². The van der Waals surface area contributed by atoms with Crippen molar-refractivity contribution in [1.29, 1.82) is 0 Å². The predicted octanol–water partition coefficient (Wildman–Crippen LogP) is 4.39. The van der Waals surface area contributed by atoms with Crippen LogP contribution >= 0.6 is 11.3 Å². The molecule has 3 aromatic rings. The highest BCUT2D eigenvalue weighted by Crippen LogP contribution is 2.22. The van der Waals surface area contributed by atoms with Crippen LogP contribution in [0.15, 0.2) is 41.4 Å². The van der Waals surface area contributed by atoms with Crippen LogP contribution in [0, 0.1) is 20.8 Å². The molecule has 0 spiro atoms. The van der Waals surface area contributed by atoms with E-state index in [1.807, 2.05) is 31.2 Å². The summed E-state index contributed by atoms with van der Waals surface area (Å²) in [5.74, 6) is -0.176. The van der Waals surface area contributed by atoms with Gasteiger partial charge in [-0.25, -0.2) is 0 Å². The largest absolute Gasteiger partial charge is 0.317 e. The Morgan fingerprint density at radius 1 is 1.09 bits per heavy atom. The third-order valence-corrected chi connectivity index (χ3v) is 5.23. The van der Waals surface area contributed by atoms with E-state index in [0.29, 0.717) is 5.56 Å². The molecule has 0 saturated heterocycles. The molecule has 2 aromatic carbocycles. The molecule has 0 fully saturated rings. The van der Waals surface area contributed by atoms with Crippen molar-refractivity contribution in [1.82, 2.24) is 4.57 Å². The van der Waals surface area contributed by atoms with Crippen LogP contribution in [-0.4, -0.2) is 10.5 Å². The zero-order valence-electron chi connectivity index (χ0n) is 13.9. The second kappa shape index (κ2) is 6.13. The summed E-state index contributed by atoms with van der Waals surface area (Å²) in [7, 11) is 0. The molecule has 23 heavy (non-hydrogen) atoms. The zero-order chi connectivity index (χ0) is 16.6. The minimum Gasteiger partial charge on any atom is -0.317 e. The first-order valence-electron chi connectivity index (χ1n) is 7.76. The van der Waals surface area contributed by atoms with Gasteiger partial charge in [0.1, 0.15) is 0 Å². The van der Waals surface area contributed by atoms with Crippen LogP contribution in [0.3, 0.4) is 0 Å². The molecule has 0 N–H and O–H groups in total. The lowest BCUT2D eigenvalue weighted by Gasteiger charge is -2.04. The maximum absolute atomic E-state index is 12.5. The van der Waals surface area contributed by atoms with E-state index in [4.69, 9.17) is 0 Å². The highest BCUT2D eigenvalue weighted by Gasteiger charge is 2.10. The van der Waals surface area contributed by atoms with Crippen LogP contribution in [-0.2, 0) is 6.54 Å². The van der Waals surface area contributed by atoms with E-state index < -0.39 is 0 Å². The molecule has 0 aliphatic carbocycles. The Balaban J connectivity index is 2.19. The van der Waals surface area contributed by atoms with Crippen molar-refractivity contribution in [3.63, 3.8) is 0 Å². The van der Waals surface area contributed by atoms with Crippen molar-refractivity contribution in [2.45, 2.75) is 34.2 Å². The Bertz CT molecular complexity index is 963. The molecule has 0 atom stereocenters. The van der Waals surface area contributed by atoms with Gasteiger partial charge in [0.05, 0.1) is 10.2 Å². The number of amides is 1. The molecule has 0 aliphatic rings. The fraction of sp³-hybridized carbons (Fsp3) is 0.263. The minimum absolute atomic E-state index is 0.176. The highest BCUT2D eigenvalue weighted by atomic mass is 32.1. The number of nitrogens with zero attached hydrogens (tertiary/aromatic N) is 2. The van der Waals surface area contributed by atoms with Crippen LogP contribution in [0.5, 0.6) is 0 Å². The van der Waals surface area contributed by atoms with Crippen molar-refractivity contribution in [3.8, 4) is 0 Å². The molecule has 1 aromatic heterocycles. The summed E-state index contributed by atoms with van der Waals surface area (Å²) in [5, 5.41) is 0. The van der Waals surface area contributed by atoms with Crippen LogP contribution in [0.2, 0.25) is 0 Å². The molecular formula is C19H20N2OS. The zero-order valence-corrected chi connectivity index (χ0v) is 14.7. The van der Waals surface area contributed by atoms with Crippen LogP contribution in [0.25, 0.3) is 10.2 Å². The first kappa shape index (κ1) is 15.7. The molecule has 1 amide bonds. The normalized spacial score (nSPS) is 12.1. The summed E-state index contributed by atoms with van der Waals surface area (Å²) in [5.41, 5.74) is 5.29. The summed E-state index contributed by atoms with van der Waals surface area (Å²) in [6.07, 6.45) is 0. The van der Waals surface area contributed by atoms with Crippen molar-refractivity contribution in [3.05, 3.63) is 63.5 Å². The van der Waals surface area contributed by atoms with Crippen LogP contribution in [0.1, 0.15) is 34.0 Å². The molecule has 3 nitrogen and oxygen atoms in total. The average molecular weight is 324 g/mol. The van der Waals surface area contributed by atoms with Crippen LogP contribution < -0.4 is 4.80 Å². The third kappa shape index (κ3) is 2.86. The van der Waals surface area contributed by atoms with Gasteiger partial charge in [-0.2, -0.15) is 4.99 Å². The van der Waals surface area contributed by atoms with Crippen molar-refractivity contribution in [2.24, 2.45) is 4.99 Å². The van der Waals surface area contributed by atoms with E-state index >= 15 is 0 Å². The first-order valence-corrected chi connectivity index (χ1v) is 8.58. The molecular weight excluding hydrogens is 304 g/mol. The van der Waals surface area contributed by atoms with E-state index in [9.17, 15) is 4.79 Å². The van der Waals surface area contributed by atoms with Gasteiger partial charge in [-0.15, -0.1) is 0 Å². The maximum Gasteiger partial charge on any atom is 0.279 e. The lowest BCUT2D eigenvalue weighted by molar-refractivity contribution is 0.0997. The van der Waals surface area contributed by atoms with Gasteiger partial charge in [0, 0.05) is 12.1 Å². The smallest absolute Gasteiger partial charge is 0.279 e. The number of fused-ring (bicyclic) bond motifs is 1. The fourth-order valence-electron chi connectivity index (χ4n) is 2.67. The summed E-state index contributed by atoms with van der Waals surface area (Å²) in [6.45, 7) is 9.04. The lowest BCUT2D eigenvalue weighted by atomic mass is 10.1. The van der Waals surface area contributed by atoms with Crippen LogP contribution in [0.4, 0.5) is 0 Å². The number of rotatable bonds is 2. The van der Waals surface area contributed by atoms with E-state index in [2.05, 4.69) is 42.5 Å². The Labute approximate surface area is 139 Å². The molecule has 0 unspecified atom stereocenters. The molecule has 4 heteroatoms. The van der Waals surface area contributed by atoms with Crippen molar-refractivity contribution < 1.29 is 4.79 Å². The van der Waals surface area contributed by atoms with E-state index in [1.54, 1.807) is 11.3 Å². The number of aryl methyl sites for hydroxylation is 4. The Hall–Kier alpha value is -2.20. The molecule has 0 saturated carbocycles. The Morgan fingerprint density at radius 3 is 2.48 bits per heavy atom. The van der Waals surface area contributed by atoms with E-state index in [-0.39, 0.29) is 5.91 Å². The minimum atomic E-state index is -0.176. The Kier molecular flexibility index (Phi) is 4.18. The van der Waals surface area contributed by atoms with Gasteiger partial charge in [0.15, 0.2) is 4.80 Å². The number of carbonyl (C=O) groups excluding carboxylic acids is 1. The second-order valence-electron chi connectivity index (χ2n) is 5.76. The van der Waals surface area contributed by atoms with Crippen molar-refractivity contribution in [2.75, 3.05) is 0 Å². The summed E-state index contributed by atoms with van der Waals surface area (Å²) in [4.78, 5) is 17.7. The SMILES string of the molecule is CCn1c(=NC(=O)c2ccccc2C)sc2cc(C)c(C)cc21. The molecule has 0 radical (unpaired) electrons. The maximum atomic E-state index is 12.5. The lowest BCUT2D eigenvalue weighted by Crippen LogP contribution is -2.16. The van der Waals surface area contributed by atoms with Crippen molar-refractivity contribution >= 4 is 27.5 Å². The number of benzene rings is 2. The van der Waals surface area contributed by atoms with Gasteiger partial charge < -0.3 is 4.57 Å². The average Bonchev–Trinajstić information content (AvgIpc) is 2.84. The summed E-state index contributed by atoms with van der Waals surface area (Å²) >= 11 is 1.58. The molecule has 1 heterocycles. The fourth-order valence-corrected chi connectivity index (χ4v) is 3.84. The van der Waals surface area contributed by atoms with Gasteiger partial charge in [-0.05, 0) is 62.6 Å². The number of thiazole rings is 1. The third-order valence-electron chi connectivity index (χ3n) is 4.19. The topological polar surface area (TPSA) is 34.4 Å². The molecule has 0 aliphatic heterocycles. The monoisotopic (exact) mass is 324 g/mol. The molecule has 118 valence electrons. The van der Waals surface area contributed by atoms with Gasteiger partial charge in [0.25, 0.3) is 5.91 Å². The Morgan fingerprint density at radius 2 is 1.78 bits per heavy atom. The summed E-state index contributed by atoms with van der Waals surface area (Å²) < 4.78 is 3.29. The highest BCUT2D eigenvalue weighted by molar-refractivity contribution is 7.16. The first-order chi connectivity index (χ1) is 11.0. The second-order valence-corrected chi connectivity index (χ2v) is 6.77. The van der Waals surface area contributed by atoms with Gasteiger partial charge in [0.2, 0.25) is 0 Å². The number of hydrogen-bond donors (Lipinski definition) is 0. The number of hydrogen-bond acceptors (Lipinski definition) is 2. The van der Waals surface area contributed by atoms with Gasteiger partial charge in [-0.3, -0.25) is 4.79 Å². The quantitative estimate of drug-likeness (QED) is 0.688. The van der Waals surface area contributed by atoms with Gasteiger partial charge in [-0.1, -0.05) is 29.5 Å². The van der Waals surface area contributed by atoms with E-state index in [1.165, 1.54) is 15.8 Å².